The van der Waals surface area contributed by atoms with E-state index in [1.54, 1.807) is 13.0 Å². The van der Waals surface area contributed by atoms with E-state index in [1.165, 1.54) is 17.0 Å². The van der Waals surface area contributed by atoms with Crippen molar-refractivity contribution in [1.82, 2.24) is 0 Å². The number of Topliss-reactive ketones (excluding diaryl/α,β-unsaturated/α-hetero) is 1. The molecule has 0 atom stereocenters. The second-order valence-electron chi connectivity index (χ2n) is 3.63. The highest BCUT2D eigenvalue weighted by molar-refractivity contribution is 6.15. The number of rotatable bonds is 1. The van der Waals surface area contributed by atoms with Crippen LogP contribution in [0, 0.1) is 12.7 Å². The molecule has 0 bridgehead atoms. The van der Waals surface area contributed by atoms with Crippen LogP contribution in [-0.4, -0.2) is 18.2 Å². The smallest absolute Gasteiger partial charge is 0.234 e. The molecule has 0 saturated carbocycles. The summed E-state index contributed by atoms with van der Waals surface area (Å²) in [7, 11) is 0. The van der Waals surface area contributed by atoms with Crippen molar-refractivity contribution < 1.29 is 14.0 Å². The summed E-state index contributed by atoms with van der Waals surface area (Å²) in [5.41, 5.74) is 1.06. The van der Waals surface area contributed by atoms with Crippen molar-refractivity contribution in [2.24, 2.45) is 0 Å². The van der Waals surface area contributed by atoms with Gasteiger partial charge in [0.1, 0.15) is 5.82 Å². The normalized spacial score (nSPS) is 16.3. The Bertz CT molecular complexity index is 442. The van der Waals surface area contributed by atoms with E-state index in [1.807, 2.05) is 0 Å². The van der Waals surface area contributed by atoms with Crippen LogP contribution in [0.3, 0.4) is 0 Å². The lowest BCUT2D eigenvalue weighted by Gasteiger charge is -2.15. The van der Waals surface area contributed by atoms with Crippen molar-refractivity contribution >= 4 is 17.4 Å². The van der Waals surface area contributed by atoms with Crippen LogP contribution in [0.1, 0.15) is 12.0 Å². The largest absolute Gasteiger partial charge is 0.305 e. The lowest BCUT2D eigenvalue weighted by Crippen LogP contribution is -2.24. The Labute approximate surface area is 86.5 Å². The number of hydrogen-bond donors (Lipinski definition) is 0. The summed E-state index contributed by atoms with van der Waals surface area (Å²) in [4.78, 5) is 23.8. The number of halogens is 1. The van der Waals surface area contributed by atoms with Crippen molar-refractivity contribution in [3.8, 4) is 0 Å². The predicted octanol–water partition coefficient (Wildman–Crippen LogP) is 1.44. The standard InChI is InChI=1S/C11H10FNO2/c1-7-4-8(2-3-10(7)12)13-6-9(14)5-11(13)15/h2-4H,5-6H2,1H3. The van der Waals surface area contributed by atoms with Gasteiger partial charge < -0.3 is 4.90 Å². The van der Waals surface area contributed by atoms with E-state index < -0.39 is 0 Å². The zero-order chi connectivity index (χ0) is 11.0. The number of aryl methyl sites for hydroxylation is 1. The summed E-state index contributed by atoms with van der Waals surface area (Å²) in [5.74, 6) is -0.621. The average molecular weight is 207 g/mol. The van der Waals surface area contributed by atoms with Crippen molar-refractivity contribution in [1.29, 1.82) is 0 Å². The zero-order valence-corrected chi connectivity index (χ0v) is 8.29. The van der Waals surface area contributed by atoms with Gasteiger partial charge >= 0.3 is 0 Å². The zero-order valence-electron chi connectivity index (χ0n) is 8.29. The average Bonchev–Trinajstić information content (AvgIpc) is 2.50. The number of benzene rings is 1. The number of hydrogen-bond acceptors (Lipinski definition) is 2. The molecule has 0 aliphatic carbocycles. The number of nitrogens with zero attached hydrogens (tertiary/aromatic N) is 1. The van der Waals surface area contributed by atoms with Gasteiger partial charge in [0.05, 0.1) is 13.0 Å². The van der Waals surface area contributed by atoms with Crippen LogP contribution in [0.5, 0.6) is 0 Å². The fraction of sp³-hybridized carbons (Fsp3) is 0.273. The van der Waals surface area contributed by atoms with Crippen LogP contribution < -0.4 is 4.90 Å². The van der Waals surface area contributed by atoms with Crippen LogP contribution in [0.25, 0.3) is 0 Å². The molecule has 3 nitrogen and oxygen atoms in total. The molecule has 1 aliphatic heterocycles. The number of carbonyl (C=O) groups is 2. The second-order valence-corrected chi connectivity index (χ2v) is 3.63. The minimum atomic E-state index is -0.309. The highest BCUT2D eigenvalue weighted by Gasteiger charge is 2.28. The van der Waals surface area contributed by atoms with Gasteiger partial charge in [-0.1, -0.05) is 0 Å². The predicted molar refractivity (Wildman–Crippen MR) is 53.1 cm³/mol. The summed E-state index contributed by atoms with van der Waals surface area (Å²) in [6.07, 6.45) is -0.0452. The van der Waals surface area contributed by atoms with Crippen LogP contribution in [0.15, 0.2) is 18.2 Å². The Morgan fingerprint density at radius 2 is 2.07 bits per heavy atom. The molecule has 1 fully saturated rings. The maximum absolute atomic E-state index is 13.0. The monoisotopic (exact) mass is 207 g/mol. The number of carbonyl (C=O) groups excluding carboxylic acids is 2. The molecule has 1 saturated heterocycles. The SMILES string of the molecule is Cc1cc(N2CC(=O)CC2=O)ccc1F. The fourth-order valence-corrected chi connectivity index (χ4v) is 1.62. The molecule has 15 heavy (non-hydrogen) atoms. The van der Waals surface area contributed by atoms with E-state index in [2.05, 4.69) is 0 Å². The van der Waals surface area contributed by atoms with Gasteiger partial charge in [0, 0.05) is 5.69 Å². The maximum atomic E-state index is 13.0. The lowest BCUT2D eigenvalue weighted by atomic mass is 10.2. The molecule has 0 aromatic heterocycles. The summed E-state index contributed by atoms with van der Waals surface area (Å²) in [6.45, 7) is 1.73. The molecule has 4 heteroatoms. The Hall–Kier alpha value is -1.71. The quantitative estimate of drug-likeness (QED) is 0.653. The molecule has 0 radical (unpaired) electrons. The van der Waals surface area contributed by atoms with Gasteiger partial charge in [-0.05, 0) is 30.7 Å². The molecule has 1 aromatic rings. The first-order valence-corrected chi connectivity index (χ1v) is 4.66. The van der Waals surface area contributed by atoms with Gasteiger partial charge in [-0.3, -0.25) is 9.59 Å². The molecule has 1 aliphatic rings. The molecule has 1 heterocycles. The van der Waals surface area contributed by atoms with Gasteiger partial charge in [-0.15, -0.1) is 0 Å². The summed E-state index contributed by atoms with van der Waals surface area (Å²) < 4.78 is 13.0. The number of anilines is 1. The van der Waals surface area contributed by atoms with Gasteiger partial charge in [-0.2, -0.15) is 0 Å². The van der Waals surface area contributed by atoms with Crippen LogP contribution in [0.4, 0.5) is 10.1 Å². The third-order valence-corrected chi connectivity index (χ3v) is 2.44. The Balaban J connectivity index is 2.34. The fourth-order valence-electron chi connectivity index (χ4n) is 1.62. The van der Waals surface area contributed by atoms with Crippen LogP contribution in [0.2, 0.25) is 0 Å². The maximum Gasteiger partial charge on any atom is 0.234 e. The molecule has 2 rings (SSSR count). The highest BCUT2D eigenvalue weighted by Crippen LogP contribution is 2.22. The molecule has 78 valence electrons. The summed E-state index contributed by atoms with van der Waals surface area (Å²) in [5, 5.41) is 0. The van der Waals surface area contributed by atoms with E-state index in [9.17, 15) is 14.0 Å². The molecule has 1 aromatic carbocycles. The van der Waals surface area contributed by atoms with Crippen LogP contribution in [-0.2, 0) is 9.59 Å². The van der Waals surface area contributed by atoms with Crippen molar-refractivity contribution in [2.45, 2.75) is 13.3 Å². The first-order chi connectivity index (χ1) is 7.08. The number of ketones is 1. The topological polar surface area (TPSA) is 37.4 Å². The van der Waals surface area contributed by atoms with Gasteiger partial charge in [0.25, 0.3) is 0 Å². The van der Waals surface area contributed by atoms with E-state index in [0.29, 0.717) is 11.3 Å². The second kappa shape index (κ2) is 3.46. The van der Waals surface area contributed by atoms with Crippen LogP contribution >= 0.6 is 0 Å². The molecule has 1 amide bonds. The minimum absolute atomic E-state index is 0.0452. The summed E-state index contributed by atoms with van der Waals surface area (Å²) in [6, 6.07) is 4.39. The third-order valence-electron chi connectivity index (χ3n) is 2.44. The first-order valence-electron chi connectivity index (χ1n) is 4.66. The van der Waals surface area contributed by atoms with E-state index in [0.717, 1.165) is 0 Å². The van der Waals surface area contributed by atoms with Crippen molar-refractivity contribution in [3.05, 3.63) is 29.6 Å². The lowest BCUT2D eigenvalue weighted by molar-refractivity contribution is -0.121. The molecule has 0 unspecified atom stereocenters. The molecule has 0 N–H and O–H groups in total. The third kappa shape index (κ3) is 1.75. The Morgan fingerprint density at radius 1 is 1.33 bits per heavy atom. The molecular formula is C11H10FNO2. The van der Waals surface area contributed by atoms with Crippen molar-refractivity contribution in [3.63, 3.8) is 0 Å². The van der Waals surface area contributed by atoms with Gasteiger partial charge in [0.15, 0.2) is 5.78 Å². The van der Waals surface area contributed by atoms with Gasteiger partial charge in [-0.25, -0.2) is 4.39 Å². The minimum Gasteiger partial charge on any atom is -0.305 e. The summed E-state index contributed by atoms with van der Waals surface area (Å²) >= 11 is 0. The Kier molecular flexibility index (Phi) is 2.26. The molecule has 0 spiro atoms. The van der Waals surface area contributed by atoms with E-state index in [4.69, 9.17) is 0 Å². The van der Waals surface area contributed by atoms with Crippen molar-refractivity contribution in [2.75, 3.05) is 11.4 Å². The van der Waals surface area contributed by atoms with E-state index >= 15 is 0 Å². The number of amides is 1. The van der Waals surface area contributed by atoms with Gasteiger partial charge in [0.2, 0.25) is 5.91 Å². The van der Waals surface area contributed by atoms with E-state index in [-0.39, 0.29) is 30.5 Å². The Morgan fingerprint density at radius 3 is 2.60 bits per heavy atom. The first kappa shape index (κ1) is 9.83. The highest BCUT2D eigenvalue weighted by atomic mass is 19.1. The molecular weight excluding hydrogens is 197 g/mol.